The average Bonchev–Trinajstić information content (AvgIpc) is 2.18. The van der Waals surface area contributed by atoms with Crippen LogP contribution in [0.4, 0.5) is 9.59 Å². The van der Waals surface area contributed by atoms with E-state index >= 15 is 0 Å². The van der Waals surface area contributed by atoms with Crippen LogP contribution in [0, 0.1) is 0 Å². The van der Waals surface area contributed by atoms with Gasteiger partial charge in [0.1, 0.15) is 0 Å². The minimum absolute atomic E-state index is 0.134. The van der Waals surface area contributed by atoms with Crippen LogP contribution in [0.15, 0.2) is 30.3 Å². The fraction of sp³-hybridized carbons (Fsp3) is 0.111. The molecule has 1 aromatic carbocycles. The Morgan fingerprint density at radius 1 is 1.27 bits per heavy atom. The van der Waals surface area contributed by atoms with Crippen LogP contribution in [-0.2, 0) is 16.2 Å². The lowest BCUT2D eigenvalue weighted by Gasteiger charge is -2.03. The van der Waals surface area contributed by atoms with Crippen molar-refractivity contribution in [2.24, 2.45) is 0 Å². The van der Waals surface area contributed by atoms with E-state index in [2.05, 4.69) is 4.74 Å². The van der Waals surface area contributed by atoms with Crippen LogP contribution >= 0.6 is 0 Å². The Kier molecular flexibility index (Phi) is 4.11. The van der Waals surface area contributed by atoms with Gasteiger partial charge in [-0.15, -0.1) is 0 Å². The molecule has 0 saturated heterocycles. The van der Waals surface area contributed by atoms with E-state index in [9.17, 15) is 9.59 Å². The first-order valence-corrected chi connectivity index (χ1v) is 4.05. The summed E-state index contributed by atoms with van der Waals surface area (Å²) < 4.78 is 3.73. The molecule has 0 saturated carbocycles. The maximum absolute atomic E-state index is 10.6. The highest BCUT2D eigenvalue weighted by Gasteiger charge is 2.06. The normalized spacial score (nSPS) is 9.33. The van der Waals surface area contributed by atoms with Crippen molar-refractivity contribution in [3.63, 3.8) is 0 Å². The molecule has 6 nitrogen and oxygen atoms in total. The molecule has 1 rings (SSSR count). The van der Waals surface area contributed by atoms with Gasteiger partial charge < -0.3 is 9.84 Å². The van der Waals surface area contributed by atoms with Crippen molar-refractivity contribution in [1.29, 1.82) is 0 Å². The number of hydrogen-bond acceptors (Lipinski definition) is 4. The van der Waals surface area contributed by atoms with Crippen molar-refractivity contribution in [2.75, 3.05) is 0 Å². The third-order valence-electron chi connectivity index (χ3n) is 1.42. The zero-order chi connectivity index (χ0) is 11.1. The Labute approximate surface area is 85.4 Å². The summed E-state index contributed by atoms with van der Waals surface area (Å²) in [7, 11) is 0. The number of hydroxylamine groups is 1. The lowest BCUT2D eigenvalue weighted by atomic mass is 10.2. The molecule has 0 fully saturated rings. The fourth-order valence-electron chi connectivity index (χ4n) is 0.853. The molecule has 0 aromatic heterocycles. The molecule has 15 heavy (non-hydrogen) atoms. The Morgan fingerprint density at radius 2 is 1.93 bits per heavy atom. The molecule has 0 atom stereocenters. The summed E-state index contributed by atoms with van der Waals surface area (Å²) in [5, 5.41) is 8.06. The van der Waals surface area contributed by atoms with E-state index < -0.39 is 12.2 Å². The van der Waals surface area contributed by atoms with Crippen LogP contribution in [0.5, 0.6) is 0 Å². The summed E-state index contributed by atoms with van der Waals surface area (Å²) in [5.41, 5.74) is 2.66. The minimum atomic E-state index is -1.68. The average molecular weight is 211 g/mol. The van der Waals surface area contributed by atoms with E-state index in [1.807, 2.05) is 23.7 Å². The highest BCUT2D eigenvalue weighted by molar-refractivity contribution is 5.78. The molecular formula is C9H9NO5. The molecule has 0 aliphatic rings. The van der Waals surface area contributed by atoms with E-state index in [0.717, 1.165) is 5.56 Å². The van der Waals surface area contributed by atoms with E-state index in [1.54, 1.807) is 12.1 Å². The third kappa shape index (κ3) is 4.63. The van der Waals surface area contributed by atoms with E-state index in [-0.39, 0.29) is 6.61 Å². The van der Waals surface area contributed by atoms with Gasteiger partial charge >= 0.3 is 12.2 Å². The zero-order valence-corrected chi connectivity index (χ0v) is 7.67. The van der Waals surface area contributed by atoms with Crippen LogP contribution in [-0.4, -0.2) is 17.4 Å². The van der Waals surface area contributed by atoms with Gasteiger partial charge in [0, 0.05) is 0 Å². The van der Waals surface area contributed by atoms with Gasteiger partial charge in [0.15, 0.2) is 0 Å². The SMILES string of the molecule is O=C(O)OC(=O)NOCc1ccccc1. The maximum Gasteiger partial charge on any atom is 0.514 e. The van der Waals surface area contributed by atoms with Gasteiger partial charge in [-0.3, -0.25) is 4.84 Å². The second-order valence-electron chi connectivity index (χ2n) is 2.53. The molecule has 1 aromatic rings. The van der Waals surface area contributed by atoms with Crippen molar-refractivity contribution >= 4 is 12.2 Å². The largest absolute Gasteiger partial charge is 0.514 e. The molecule has 2 N–H and O–H groups in total. The summed E-state index contributed by atoms with van der Waals surface area (Å²) in [4.78, 5) is 25.2. The van der Waals surface area contributed by atoms with Crippen molar-refractivity contribution in [2.45, 2.75) is 6.61 Å². The van der Waals surface area contributed by atoms with Crippen LogP contribution in [0.3, 0.4) is 0 Å². The molecule has 6 heteroatoms. The van der Waals surface area contributed by atoms with Gasteiger partial charge in [-0.25, -0.2) is 9.59 Å². The predicted molar refractivity (Wildman–Crippen MR) is 48.9 cm³/mol. The van der Waals surface area contributed by atoms with Gasteiger partial charge in [-0.05, 0) is 5.56 Å². The lowest BCUT2D eigenvalue weighted by molar-refractivity contribution is 0.0211. The van der Waals surface area contributed by atoms with Crippen molar-refractivity contribution in [3.05, 3.63) is 35.9 Å². The van der Waals surface area contributed by atoms with E-state index in [0.29, 0.717) is 0 Å². The predicted octanol–water partition coefficient (Wildman–Crippen LogP) is 1.52. The van der Waals surface area contributed by atoms with Gasteiger partial charge in [0.05, 0.1) is 6.61 Å². The number of carbonyl (C=O) groups excluding carboxylic acids is 1. The maximum atomic E-state index is 10.6. The van der Waals surface area contributed by atoms with Gasteiger partial charge in [-0.2, -0.15) is 5.48 Å². The molecule has 0 spiro atoms. The first-order chi connectivity index (χ1) is 7.18. The highest BCUT2D eigenvalue weighted by atomic mass is 16.7. The monoisotopic (exact) mass is 211 g/mol. The zero-order valence-electron chi connectivity index (χ0n) is 7.67. The third-order valence-corrected chi connectivity index (χ3v) is 1.42. The number of ether oxygens (including phenoxy) is 1. The number of carboxylic acid groups (broad SMARTS) is 1. The van der Waals surface area contributed by atoms with Crippen LogP contribution in [0.2, 0.25) is 0 Å². The van der Waals surface area contributed by atoms with Crippen LogP contribution < -0.4 is 5.48 Å². The summed E-state index contributed by atoms with van der Waals surface area (Å²) >= 11 is 0. The van der Waals surface area contributed by atoms with Gasteiger partial charge in [0.25, 0.3) is 0 Å². The first-order valence-electron chi connectivity index (χ1n) is 4.05. The number of amides is 1. The van der Waals surface area contributed by atoms with Crippen LogP contribution in [0.25, 0.3) is 0 Å². The van der Waals surface area contributed by atoms with Gasteiger partial charge in [-0.1, -0.05) is 30.3 Å². The number of nitrogens with one attached hydrogen (secondary N) is 1. The van der Waals surface area contributed by atoms with Crippen molar-refractivity contribution in [3.8, 4) is 0 Å². The summed E-state index contributed by atoms with van der Waals surface area (Å²) in [6, 6.07) is 9.06. The standard InChI is InChI=1S/C9H9NO5/c11-8(15-9(12)13)10-14-6-7-4-2-1-3-5-7/h1-5H,6H2,(H,10,11)(H,12,13). The fourth-order valence-corrected chi connectivity index (χ4v) is 0.853. The topological polar surface area (TPSA) is 84.9 Å². The number of hydrogen-bond donors (Lipinski definition) is 2. The Bertz CT molecular complexity index is 338. The molecule has 80 valence electrons. The molecular weight excluding hydrogens is 202 g/mol. The Morgan fingerprint density at radius 3 is 2.53 bits per heavy atom. The number of rotatable bonds is 3. The quantitative estimate of drug-likeness (QED) is 0.449. The molecule has 0 aliphatic heterocycles. The minimum Gasteiger partial charge on any atom is -0.449 e. The lowest BCUT2D eigenvalue weighted by Crippen LogP contribution is -2.26. The highest BCUT2D eigenvalue weighted by Crippen LogP contribution is 1.98. The summed E-state index contributed by atoms with van der Waals surface area (Å²) in [6.07, 6.45) is -2.85. The summed E-state index contributed by atoms with van der Waals surface area (Å²) in [5.74, 6) is 0. The summed E-state index contributed by atoms with van der Waals surface area (Å²) in [6.45, 7) is 0.134. The molecule has 0 heterocycles. The molecule has 0 bridgehead atoms. The smallest absolute Gasteiger partial charge is 0.449 e. The molecule has 1 amide bonds. The van der Waals surface area contributed by atoms with Crippen LogP contribution in [0.1, 0.15) is 5.56 Å². The number of carbonyl (C=O) groups is 2. The van der Waals surface area contributed by atoms with Crippen molar-refractivity contribution in [1.82, 2.24) is 5.48 Å². The van der Waals surface area contributed by atoms with E-state index in [1.165, 1.54) is 0 Å². The second kappa shape index (κ2) is 5.61. The molecule has 0 aliphatic carbocycles. The molecule has 0 radical (unpaired) electrons. The Balaban J connectivity index is 2.22. The van der Waals surface area contributed by atoms with E-state index in [4.69, 9.17) is 9.94 Å². The second-order valence-corrected chi connectivity index (χ2v) is 2.53. The Hall–Kier alpha value is -2.08. The van der Waals surface area contributed by atoms with Crippen molar-refractivity contribution < 1.29 is 24.3 Å². The molecule has 0 unspecified atom stereocenters. The number of benzene rings is 1. The first kappa shape index (κ1) is 11.0. The van der Waals surface area contributed by atoms with Gasteiger partial charge in [0.2, 0.25) is 0 Å².